The first-order valence-electron chi connectivity index (χ1n) is 6.66. The summed E-state index contributed by atoms with van der Waals surface area (Å²) in [6.07, 6.45) is -0.0804. The zero-order valence-corrected chi connectivity index (χ0v) is 12.3. The van der Waals surface area contributed by atoms with Gasteiger partial charge in [0.05, 0.1) is 12.7 Å². The summed E-state index contributed by atoms with van der Waals surface area (Å²) in [6.45, 7) is 3.21. The molecule has 0 radical (unpaired) electrons. The number of hydrogen-bond acceptors (Lipinski definition) is 4. The van der Waals surface area contributed by atoms with Gasteiger partial charge in [0.2, 0.25) is 0 Å². The molecular formula is C13H21N3O3S. The summed E-state index contributed by atoms with van der Waals surface area (Å²) in [5, 5.41) is 0. The average molecular weight is 299 g/mol. The van der Waals surface area contributed by atoms with E-state index in [1.54, 1.807) is 0 Å². The Bertz CT molecular complexity index is 521. The second kappa shape index (κ2) is 6.64. The smallest absolute Gasteiger partial charge is 0.279 e. The SMILES string of the molecule is C[C@@H]1CN(S(=O)(=O)NC[C@@H](N)c2ccccc2)CCO1. The fourth-order valence-electron chi connectivity index (χ4n) is 2.11. The zero-order chi connectivity index (χ0) is 14.6. The lowest BCUT2D eigenvalue weighted by Crippen LogP contribution is -2.50. The number of hydrogen-bond donors (Lipinski definition) is 2. The Labute approximate surface area is 120 Å². The third-order valence-corrected chi connectivity index (χ3v) is 4.80. The van der Waals surface area contributed by atoms with Crippen LogP contribution in [0.2, 0.25) is 0 Å². The number of morpholine rings is 1. The third-order valence-electron chi connectivity index (χ3n) is 3.26. The standard InChI is InChI=1S/C13H21N3O3S/c1-11-10-16(7-8-19-11)20(17,18)15-9-13(14)12-5-3-2-4-6-12/h2-6,11,13,15H,7-10,14H2,1H3/t11-,13-/m1/s1. The molecule has 1 aromatic rings. The van der Waals surface area contributed by atoms with Gasteiger partial charge in [-0.15, -0.1) is 0 Å². The molecular weight excluding hydrogens is 278 g/mol. The average Bonchev–Trinajstić information content (AvgIpc) is 2.46. The van der Waals surface area contributed by atoms with Gasteiger partial charge in [-0.2, -0.15) is 12.7 Å². The van der Waals surface area contributed by atoms with Crippen molar-refractivity contribution in [1.82, 2.24) is 9.03 Å². The summed E-state index contributed by atoms with van der Waals surface area (Å²) in [6, 6.07) is 9.08. The minimum atomic E-state index is -3.50. The van der Waals surface area contributed by atoms with E-state index >= 15 is 0 Å². The number of ether oxygens (including phenoxy) is 1. The van der Waals surface area contributed by atoms with E-state index in [-0.39, 0.29) is 18.7 Å². The van der Waals surface area contributed by atoms with Crippen LogP contribution in [0.1, 0.15) is 18.5 Å². The highest BCUT2D eigenvalue weighted by Gasteiger charge is 2.27. The Hall–Kier alpha value is -0.990. The van der Waals surface area contributed by atoms with Crippen molar-refractivity contribution >= 4 is 10.2 Å². The number of rotatable bonds is 5. The normalized spacial score (nSPS) is 22.6. The molecule has 3 N–H and O–H groups in total. The van der Waals surface area contributed by atoms with E-state index in [2.05, 4.69) is 4.72 Å². The lowest BCUT2D eigenvalue weighted by Gasteiger charge is -2.30. The number of benzene rings is 1. The van der Waals surface area contributed by atoms with Gasteiger partial charge in [-0.25, -0.2) is 4.72 Å². The van der Waals surface area contributed by atoms with Crippen molar-refractivity contribution in [3.63, 3.8) is 0 Å². The Morgan fingerprint density at radius 2 is 2.15 bits per heavy atom. The lowest BCUT2D eigenvalue weighted by atomic mass is 10.1. The van der Waals surface area contributed by atoms with Crippen molar-refractivity contribution in [3.05, 3.63) is 35.9 Å². The molecule has 2 rings (SSSR count). The van der Waals surface area contributed by atoms with Gasteiger partial charge in [0.25, 0.3) is 10.2 Å². The molecule has 0 bridgehead atoms. The summed E-state index contributed by atoms with van der Waals surface area (Å²) in [5.41, 5.74) is 6.90. The van der Waals surface area contributed by atoms with Crippen LogP contribution >= 0.6 is 0 Å². The maximum atomic E-state index is 12.2. The number of nitrogens with one attached hydrogen (secondary N) is 1. The van der Waals surface area contributed by atoms with Gasteiger partial charge in [0, 0.05) is 25.7 Å². The van der Waals surface area contributed by atoms with Crippen LogP contribution in [-0.2, 0) is 14.9 Å². The topological polar surface area (TPSA) is 84.7 Å². The van der Waals surface area contributed by atoms with Crippen molar-refractivity contribution in [2.24, 2.45) is 5.73 Å². The first-order valence-corrected chi connectivity index (χ1v) is 8.10. The van der Waals surface area contributed by atoms with E-state index in [4.69, 9.17) is 10.5 Å². The van der Waals surface area contributed by atoms with E-state index in [9.17, 15) is 8.42 Å². The van der Waals surface area contributed by atoms with Crippen molar-refractivity contribution in [3.8, 4) is 0 Å². The van der Waals surface area contributed by atoms with E-state index in [1.165, 1.54) is 4.31 Å². The molecule has 112 valence electrons. The fourth-order valence-corrected chi connectivity index (χ4v) is 3.40. The van der Waals surface area contributed by atoms with Gasteiger partial charge in [0.15, 0.2) is 0 Å². The zero-order valence-electron chi connectivity index (χ0n) is 11.5. The van der Waals surface area contributed by atoms with Crippen molar-refractivity contribution in [2.45, 2.75) is 19.1 Å². The number of nitrogens with two attached hydrogens (primary N) is 1. The molecule has 2 atom stereocenters. The fraction of sp³-hybridized carbons (Fsp3) is 0.538. The first kappa shape index (κ1) is 15.4. The first-order chi connectivity index (χ1) is 9.49. The predicted molar refractivity (Wildman–Crippen MR) is 77.3 cm³/mol. The summed E-state index contributed by atoms with van der Waals surface area (Å²) in [4.78, 5) is 0. The summed E-state index contributed by atoms with van der Waals surface area (Å²) in [5.74, 6) is 0. The van der Waals surface area contributed by atoms with Gasteiger partial charge in [-0.3, -0.25) is 0 Å². The Morgan fingerprint density at radius 3 is 2.80 bits per heavy atom. The third kappa shape index (κ3) is 4.00. The van der Waals surface area contributed by atoms with Crippen LogP contribution in [0, 0.1) is 0 Å². The van der Waals surface area contributed by atoms with Crippen molar-refractivity contribution < 1.29 is 13.2 Å². The second-order valence-electron chi connectivity index (χ2n) is 4.91. The minimum Gasteiger partial charge on any atom is -0.376 e. The molecule has 0 spiro atoms. The highest BCUT2D eigenvalue weighted by molar-refractivity contribution is 7.87. The lowest BCUT2D eigenvalue weighted by molar-refractivity contribution is 0.00977. The van der Waals surface area contributed by atoms with Crippen molar-refractivity contribution in [2.75, 3.05) is 26.2 Å². The molecule has 0 aromatic heterocycles. The highest BCUT2D eigenvalue weighted by Crippen LogP contribution is 2.11. The Balaban J connectivity index is 1.92. The van der Waals surface area contributed by atoms with Crippen molar-refractivity contribution in [1.29, 1.82) is 0 Å². The monoisotopic (exact) mass is 299 g/mol. The molecule has 1 saturated heterocycles. The molecule has 0 unspecified atom stereocenters. The van der Waals surface area contributed by atoms with Crippen LogP contribution < -0.4 is 10.5 Å². The molecule has 0 amide bonds. The van der Waals surface area contributed by atoms with Crippen LogP contribution in [0.5, 0.6) is 0 Å². The summed E-state index contributed by atoms with van der Waals surface area (Å²) < 4.78 is 33.6. The van der Waals surface area contributed by atoms with E-state index in [0.717, 1.165) is 5.56 Å². The van der Waals surface area contributed by atoms with Crippen LogP contribution in [0.4, 0.5) is 0 Å². The maximum absolute atomic E-state index is 12.2. The van der Waals surface area contributed by atoms with E-state index in [1.807, 2.05) is 37.3 Å². The van der Waals surface area contributed by atoms with Gasteiger partial charge in [-0.05, 0) is 12.5 Å². The maximum Gasteiger partial charge on any atom is 0.279 e. The molecule has 0 aliphatic carbocycles. The Morgan fingerprint density at radius 1 is 1.45 bits per heavy atom. The van der Waals surface area contributed by atoms with E-state index in [0.29, 0.717) is 19.7 Å². The van der Waals surface area contributed by atoms with Crippen LogP contribution in [0.25, 0.3) is 0 Å². The van der Waals surface area contributed by atoms with Gasteiger partial charge in [0.1, 0.15) is 0 Å². The van der Waals surface area contributed by atoms with Crippen LogP contribution in [0.3, 0.4) is 0 Å². The number of nitrogens with zero attached hydrogens (tertiary/aromatic N) is 1. The molecule has 1 fully saturated rings. The molecule has 1 aromatic carbocycles. The minimum absolute atomic E-state index is 0.0804. The molecule has 6 nitrogen and oxygen atoms in total. The molecule has 20 heavy (non-hydrogen) atoms. The summed E-state index contributed by atoms with van der Waals surface area (Å²) in [7, 11) is -3.50. The largest absolute Gasteiger partial charge is 0.376 e. The summed E-state index contributed by atoms with van der Waals surface area (Å²) >= 11 is 0. The highest BCUT2D eigenvalue weighted by atomic mass is 32.2. The molecule has 0 saturated carbocycles. The van der Waals surface area contributed by atoms with Gasteiger partial charge in [-0.1, -0.05) is 30.3 Å². The molecule has 1 aliphatic heterocycles. The van der Waals surface area contributed by atoms with Gasteiger partial charge >= 0.3 is 0 Å². The van der Waals surface area contributed by atoms with E-state index < -0.39 is 10.2 Å². The quantitative estimate of drug-likeness (QED) is 0.816. The van der Waals surface area contributed by atoms with Gasteiger partial charge < -0.3 is 10.5 Å². The Kier molecular flexibility index (Phi) is 5.11. The molecule has 7 heteroatoms. The second-order valence-corrected chi connectivity index (χ2v) is 6.67. The van der Waals surface area contributed by atoms with Crippen LogP contribution in [0.15, 0.2) is 30.3 Å². The van der Waals surface area contributed by atoms with Crippen LogP contribution in [-0.4, -0.2) is 45.1 Å². The predicted octanol–water partition coefficient (Wildman–Crippen LogP) is 0.242. The molecule has 1 aliphatic rings. The molecule has 1 heterocycles.